The number of carbonyl (C=O) groups is 2. The summed E-state index contributed by atoms with van der Waals surface area (Å²) in [4.78, 5) is 31.5. The zero-order valence-electron chi connectivity index (χ0n) is 18.5. The van der Waals surface area contributed by atoms with Crippen molar-refractivity contribution in [3.05, 3.63) is 65.5 Å². The van der Waals surface area contributed by atoms with Crippen molar-refractivity contribution in [3.63, 3.8) is 0 Å². The second-order valence-electron chi connectivity index (χ2n) is 8.04. The zero-order chi connectivity index (χ0) is 23.9. The molecule has 0 radical (unpaired) electrons. The molecule has 1 aliphatic heterocycles. The van der Waals surface area contributed by atoms with Crippen LogP contribution in [0.4, 0.5) is 13.9 Å². The molecule has 6 nitrogen and oxygen atoms in total. The Morgan fingerprint density at radius 3 is 2.53 bits per heavy atom. The molecule has 1 aliphatic rings. The molecular weight excluding hydrogens is 460 g/mol. The summed E-state index contributed by atoms with van der Waals surface area (Å²) in [5.41, 5.74) is 2.02. The van der Waals surface area contributed by atoms with Gasteiger partial charge >= 0.3 is 6.61 Å². The van der Waals surface area contributed by atoms with E-state index < -0.39 is 6.61 Å². The third-order valence-electron chi connectivity index (χ3n) is 5.80. The first-order chi connectivity index (χ1) is 16.5. The molecule has 3 aromatic rings. The molecule has 0 saturated carbocycles. The highest BCUT2D eigenvalue weighted by molar-refractivity contribution is 7.14. The summed E-state index contributed by atoms with van der Waals surface area (Å²) in [7, 11) is 0. The Bertz CT molecular complexity index is 1120. The summed E-state index contributed by atoms with van der Waals surface area (Å²) in [5, 5.41) is 4.92. The molecular formula is C25H25F2N3O3S. The van der Waals surface area contributed by atoms with Crippen molar-refractivity contribution in [2.24, 2.45) is 5.92 Å². The van der Waals surface area contributed by atoms with E-state index in [0.29, 0.717) is 55.2 Å². The molecule has 2 aromatic carbocycles. The van der Waals surface area contributed by atoms with Crippen molar-refractivity contribution in [1.29, 1.82) is 0 Å². The molecule has 178 valence electrons. The lowest BCUT2D eigenvalue weighted by atomic mass is 9.95. The molecule has 0 atom stereocenters. The third-order valence-corrected chi connectivity index (χ3v) is 6.56. The van der Waals surface area contributed by atoms with Gasteiger partial charge in [-0.05, 0) is 37.0 Å². The van der Waals surface area contributed by atoms with Crippen LogP contribution in [-0.4, -0.2) is 41.4 Å². The highest BCUT2D eigenvalue weighted by Crippen LogP contribution is 2.33. The standard InChI is InChI=1S/C25H25F2N3O3S/c26-24(27)33-21-9-5-4-8-19(21)20-16-34-25(28-20)29-23(32)18-12-14-30(15-13-18)22(31)11-10-17-6-2-1-3-7-17/h1-9,16,18,24H,10-15H2,(H,28,29,32). The molecule has 0 spiro atoms. The number of aromatic nitrogens is 1. The number of nitrogens with zero attached hydrogens (tertiary/aromatic N) is 2. The van der Waals surface area contributed by atoms with E-state index in [0.717, 1.165) is 5.56 Å². The lowest BCUT2D eigenvalue weighted by Gasteiger charge is -2.31. The molecule has 1 N–H and O–H groups in total. The van der Waals surface area contributed by atoms with Crippen LogP contribution in [-0.2, 0) is 16.0 Å². The average molecular weight is 486 g/mol. The fraction of sp³-hybridized carbons (Fsp3) is 0.320. The van der Waals surface area contributed by atoms with Crippen LogP contribution >= 0.6 is 11.3 Å². The van der Waals surface area contributed by atoms with Gasteiger partial charge < -0.3 is 15.0 Å². The van der Waals surface area contributed by atoms with Crippen LogP contribution in [0.5, 0.6) is 5.75 Å². The number of alkyl halides is 2. The highest BCUT2D eigenvalue weighted by atomic mass is 32.1. The van der Waals surface area contributed by atoms with Crippen molar-refractivity contribution >= 4 is 28.3 Å². The summed E-state index contributed by atoms with van der Waals surface area (Å²) in [6, 6.07) is 16.3. The van der Waals surface area contributed by atoms with E-state index in [1.54, 1.807) is 23.6 Å². The van der Waals surface area contributed by atoms with Gasteiger partial charge in [-0.15, -0.1) is 11.3 Å². The zero-order valence-corrected chi connectivity index (χ0v) is 19.3. The summed E-state index contributed by atoms with van der Waals surface area (Å²) in [6.45, 7) is -1.84. The SMILES string of the molecule is O=C(Nc1nc(-c2ccccc2OC(F)F)cs1)C1CCN(C(=O)CCc2ccccc2)CC1. The number of benzene rings is 2. The molecule has 1 aromatic heterocycles. The Labute approximate surface area is 200 Å². The van der Waals surface area contributed by atoms with Crippen molar-refractivity contribution in [1.82, 2.24) is 9.88 Å². The Hall–Kier alpha value is -3.33. The Kier molecular flexibility index (Phi) is 7.84. The van der Waals surface area contributed by atoms with Crippen LogP contribution in [0.25, 0.3) is 11.3 Å². The monoisotopic (exact) mass is 485 g/mol. The van der Waals surface area contributed by atoms with Gasteiger partial charge in [0, 0.05) is 36.4 Å². The number of aryl methyl sites for hydroxylation is 1. The minimum absolute atomic E-state index is 0.0324. The van der Waals surface area contributed by atoms with Crippen LogP contribution in [0, 0.1) is 5.92 Å². The topological polar surface area (TPSA) is 71.5 Å². The maximum Gasteiger partial charge on any atom is 0.387 e. The number of ether oxygens (including phenoxy) is 1. The summed E-state index contributed by atoms with van der Waals surface area (Å²) in [5.74, 6) is -0.212. The number of thiazole rings is 1. The maximum absolute atomic E-state index is 12.7. The maximum atomic E-state index is 12.7. The van der Waals surface area contributed by atoms with E-state index >= 15 is 0 Å². The molecule has 9 heteroatoms. The van der Waals surface area contributed by atoms with E-state index in [4.69, 9.17) is 0 Å². The van der Waals surface area contributed by atoms with E-state index in [1.165, 1.54) is 17.4 Å². The fourth-order valence-electron chi connectivity index (χ4n) is 3.98. The molecule has 2 heterocycles. The minimum Gasteiger partial charge on any atom is -0.434 e. The number of carbonyl (C=O) groups excluding carboxylic acids is 2. The second kappa shape index (κ2) is 11.2. The number of hydrogen-bond donors (Lipinski definition) is 1. The van der Waals surface area contributed by atoms with E-state index in [1.807, 2.05) is 35.2 Å². The largest absolute Gasteiger partial charge is 0.434 e. The van der Waals surface area contributed by atoms with E-state index in [-0.39, 0.29) is 23.5 Å². The van der Waals surface area contributed by atoms with Gasteiger partial charge in [0.25, 0.3) is 0 Å². The molecule has 1 saturated heterocycles. The van der Waals surface area contributed by atoms with Crippen molar-refractivity contribution in [3.8, 4) is 17.0 Å². The Balaban J connectivity index is 1.28. The van der Waals surface area contributed by atoms with Crippen LogP contribution in [0.15, 0.2) is 60.0 Å². The highest BCUT2D eigenvalue weighted by Gasteiger charge is 2.27. The first-order valence-electron chi connectivity index (χ1n) is 11.1. The normalized spacial score (nSPS) is 14.3. The lowest BCUT2D eigenvalue weighted by molar-refractivity contribution is -0.134. The first-order valence-corrected chi connectivity index (χ1v) is 12.0. The first kappa shape index (κ1) is 23.8. The van der Waals surface area contributed by atoms with Gasteiger partial charge in [0.05, 0.1) is 5.69 Å². The average Bonchev–Trinajstić information content (AvgIpc) is 3.31. The Morgan fingerprint density at radius 1 is 1.09 bits per heavy atom. The van der Waals surface area contributed by atoms with Crippen LogP contribution < -0.4 is 10.1 Å². The van der Waals surface area contributed by atoms with Gasteiger partial charge in [0.1, 0.15) is 5.75 Å². The number of piperidine rings is 1. The molecule has 0 aliphatic carbocycles. The number of nitrogens with one attached hydrogen (secondary N) is 1. The molecule has 2 amide bonds. The Morgan fingerprint density at radius 2 is 1.79 bits per heavy atom. The number of hydrogen-bond acceptors (Lipinski definition) is 5. The van der Waals surface area contributed by atoms with Gasteiger partial charge in [0.2, 0.25) is 11.8 Å². The number of amides is 2. The number of halogens is 2. The van der Waals surface area contributed by atoms with Crippen LogP contribution in [0.3, 0.4) is 0 Å². The third kappa shape index (κ3) is 6.17. The van der Waals surface area contributed by atoms with Gasteiger partial charge in [-0.1, -0.05) is 42.5 Å². The number of para-hydroxylation sites is 1. The van der Waals surface area contributed by atoms with Crippen LogP contribution in [0.2, 0.25) is 0 Å². The van der Waals surface area contributed by atoms with Crippen molar-refractivity contribution in [2.75, 3.05) is 18.4 Å². The predicted molar refractivity (Wildman–Crippen MR) is 127 cm³/mol. The minimum atomic E-state index is -2.94. The van der Waals surface area contributed by atoms with Gasteiger partial charge in [-0.2, -0.15) is 8.78 Å². The van der Waals surface area contributed by atoms with Crippen molar-refractivity contribution < 1.29 is 23.1 Å². The van der Waals surface area contributed by atoms with Crippen LogP contribution in [0.1, 0.15) is 24.8 Å². The van der Waals surface area contributed by atoms with E-state index in [9.17, 15) is 18.4 Å². The summed E-state index contributed by atoms with van der Waals surface area (Å²) >= 11 is 1.22. The molecule has 1 fully saturated rings. The summed E-state index contributed by atoms with van der Waals surface area (Å²) in [6.07, 6.45) is 2.34. The number of likely N-dealkylation sites (tertiary alicyclic amines) is 1. The molecule has 4 rings (SSSR count). The second-order valence-corrected chi connectivity index (χ2v) is 8.90. The predicted octanol–water partition coefficient (Wildman–Crippen LogP) is 5.22. The smallest absolute Gasteiger partial charge is 0.387 e. The fourth-order valence-corrected chi connectivity index (χ4v) is 4.70. The number of anilines is 1. The molecule has 0 unspecified atom stereocenters. The lowest BCUT2D eigenvalue weighted by Crippen LogP contribution is -2.41. The van der Waals surface area contributed by atoms with Crippen molar-refractivity contribution in [2.45, 2.75) is 32.3 Å². The molecule has 34 heavy (non-hydrogen) atoms. The number of rotatable bonds is 8. The molecule has 0 bridgehead atoms. The quantitative estimate of drug-likeness (QED) is 0.475. The van der Waals surface area contributed by atoms with Gasteiger partial charge in [-0.3, -0.25) is 9.59 Å². The summed E-state index contributed by atoms with van der Waals surface area (Å²) < 4.78 is 29.9. The van der Waals surface area contributed by atoms with E-state index in [2.05, 4.69) is 15.0 Å². The van der Waals surface area contributed by atoms with Gasteiger partial charge in [0.15, 0.2) is 5.13 Å². The van der Waals surface area contributed by atoms with Gasteiger partial charge in [-0.25, -0.2) is 4.98 Å².